The second-order valence-corrected chi connectivity index (χ2v) is 7.52. The molecule has 26 heavy (non-hydrogen) atoms. The lowest BCUT2D eigenvalue weighted by atomic mass is 9.90. The molecular weight excluding hydrogens is 344 g/mol. The molecule has 3 aromatic heterocycles. The van der Waals surface area contributed by atoms with Gasteiger partial charge in [-0.2, -0.15) is 0 Å². The minimum Gasteiger partial charge on any atom is -0.342 e. The van der Waals surface area contributed by atoms with Crippen LogP contribution in [0.25, 0.3) is 11.1 Å². The van der Waals surface area contributed by atoms with Gasteiger partial charge in [0.2, 0.25) is 5.91 Å². The average molecular weight is 364 g/mol. The largest absolute Gasteiger partial charge is 0.342 e. The molecule has 4 rings (SSSR count). The number of hydrogen-bond acceptors (Lipinski definition) is 5. The maximum Gasteiger partial charge on any atom is 0.227 e. The fourth-order valence-electron chi connectivity index (χ4n) is 3.52. The summed E-state index contributed by atoms with van der Waals surface area (Å²) < 4.78 is 0. The first-order valence-corrected chi connectivity index (χ1v) is 9.69. The van der Waals surface area contributed by atoms with E-state index in [2.05, 4.69) is 15.0 Å². The second kappa shape index (κ2) is 7.74. The summed E-state index contributed by atoms with van der Waals surface area (Å²) in [5.41, 5.74) is 3.13. The molecule has 1 fully saturated rings. The smallest absolute Gasteiger partial charge is 0.227 e. The zero-order chi connectivity index (χ0) is 17.8. The highest BCUT2D eigenvalue weighted by Crippen LogP contribution is 2.32. The SMILES string of the molecule is O=C(Cc1cccs1)N1CCC[C@H](c2ncncc2-c2ccncc2)C1. The molecule has 1 aliphatic heterocycles. The molecule has 0 bridgehead atoms. The number of amides is 1. The van der Waals surface area contributed by atoms with Crippen molar-refractivity contribution in [2.45, 2.75) is 25.2 Å². The summed E-state index contributed by atoms with van der Waals surface area (Å²) in [6.45, 7) is 1.55. The zero-order valence-electron chi connectivity index (χ0n) is 14.4. The molecule has 4 heterocycles. The third kappa shape index (κ3) is 3.65. The average Bonchev–Trinajstić information content (AvgIpc) is 3.22. The Kier molecular flexibility index (Phi) is 5.02. The first-order chi connectivity index (χ1) is 12.8. The van der Waals surface area contributed by atoms with Gasteiger partial charge in [0.05, 0.1) is 12.1 Å². The predicted molar refractivity (Wildman–Crippen MR) is 102 cm³/mol. The Bertz CT molecular complexity index is 867. The molecule has 0 radical (unpaired) electrons. The van der Waals surface area contributed by atoms with Crippen molar-refractivity contribution < 1.29 is 4.79 Å². The normalized spacial score (nSPS) is 17.2. The van der Waals surface area contributed by atoms with Crippen LogP contribution in [0.4, 0.5) is 0 Å². The molecule has 0 aromatic carbocycles. The standard InChI is InChI=1S/C20H20N4OS/c25-19(11-17-4-2-10-26-17)24-9-1-3-16(13-24)20-18(12-22-14-23-20)15-5-7-21-8-6-15/h2,4-8,10,12,14,16H,1,3,9,11,13H2/t16-/m0/s1. The zero-order valence-corrected chi connectivity index (χ0v) is 15.2. The van der Waals surface area contributed by atoms with Crippen LogP contribution in [0.2, 0.25) is 0 Å². The molecule has 0 N–H and O–H groups in total. The van der Waals surface area contributed by atoms with E-state index in [0.29, 0.717) is 6.42 Å². The maximum absolute atomic E-state index is 12.7. The predicted octanol–water partition coefficient (Wildman–Crippen LogP) is 3.55. The molecule has 1 saturated heterocycles. The number of rotatable bonds is 4. The van der Waals surface area contributed by atoms with Crippen molar-refractivity contribution in [2.75, 3.05) is 13.1 Å². The number of carbonyl (C=O) groups excluding carboxylic acids is 1. The summed E-state index contributed by atoms with van der Waals surface area (Å²) in [5, 5.41) is 2.02. The molecule has 0 spiro atoms. The van der Waals surface area contributed by atoms with E-state index >= 15 is 0 Å². The Morgan fingerprint density at radius 2 is 2.12 bits per heavy atom. The Morgan fingerprint density at radius 1 is 1.23 bits per heavy atom. The molecule has 0 aliphatic carbocycles. The molecule has 1 aliphatic rings. The van der Waals surface area contributed by atoms with Gasteiger partial charge in [0.1, 0.15) is 6.33 Å². The van der Waals surface area contributed by atoms with Crippen LogP contribution in [-0.2, 0) is 11.2 Å². The fraction of sp³-hybridized carbons (Fsp3) is 0.300. The maximum atomic E-state index is 12.7. The van der Waals surface area contributed by atoms with Gasteiger partial charge in [0, 0.05) is 48.0 Å². The van der Waals surface area contributed by atoms with Gasteiger partial charge in [-0.15, -0.1) is 11.3 Å². The van der Waals surface area contributed by atoms with Crippen LogP contribution in [0, 0.1) is 0 Å². The van der Waals surface area contributed by atoms with E-state index in [1.54, 1.807) is 30.1 Å². The Hall–Kier alpha value is -2.60. The van der Waals surface area contributed by atoms with E-state index in [1.807, 2.05) is 40.7 Å². The highest BCUT2D eigenvalue weighted by molar-refractivity contribution is 7.10. The number of likely N-dealkylation sites (tertiary alicyclic amines) is 1. The lowest BCUT2D eigenvalue weighted by Gasteiger charge is -2.33. The van der Waals surface area contributed by atoms with E-state index < -0.39 is 0 Å². The molecule has 0 unspecified atom stereocenters. The van der Waals surface area contributed by atoms with Crippen LogP contribution in [0.3, 0.4) is 0 Å². The van der Waals surface area contributed by atoms with E-state index in [-0.39, 0.29) is 11.8 Å². The summed E-state index contributed by atoms with van der Waals surface area (Å²) in [6, 6.07) is 7.97. The lowest BCUT2D eigenvalue weighted by molar-refractivity contribution is -0.131. The van der Waals surface area contributed by atoms with Crippen LogP contribution in [0.1, 0.15) is 29.3 Å². The van der Waals surface area contributed by atoms with E-state index in [1.165, 1.54) is 0 Å². The van der Waals surface area contributed by atoms with Gasteiger partial charge in [-0.25, -0.2) is 9.97 Å². The quantitative estimate of drug-likeness (QED) is 0.710. The molecule has 1 amide bonds. The van der Waals surface area contributed by atoms with Crippen LogP contribution in [-0.4, -0.2) is 38.8 Å². The van der Waals surface area contributed by atoms with E-state index in [9.17, 15) is 4.79 Å². The highest BCUT2D eigenvalue weighted by atomic mass is 32.1. The van der Waals surface area contributed by atoms with Crippen LogP contribution in [0.5, 0.6) is 0 Å². The van der Waals surface area contributed by atoms with Crippen molar-refractivity contribution >= 4 is 17.2 Å². The monoisotopic (exact) mass is 364 g/mol. The number of piperidine rings is 1. The molecule has 0 saturated carbocycles. The number of hydrogen-bond donors (Lipinski definition) is 0. The van der Waals surface area contributed by atoms with Gasteiger partial charge >= 0.3 is 0 Å². The first-order valence-electron chi connectivity index (χ1n) is 8.81. The Labute approximate surface area is 156 Å². The van der Waals surface area contributed by atoms with Crippen LogP contribution in [0.15, 0.2) is 54.6 Å². The van der Waals surface area contributed by atoms with Gasteiger partial charge in [0.25, 0.3) is 0 Å². The molecule has 1 atom stereocenters. The molecule has 3 aromatic rings. The lowest BCUT2D eigenvalue weighted by Crippen LogP contribution is -2.40. The van der Waals surface area contributed by atoms with Crippen LogP contribution < -0.4 is 0 Å². The molecule has 132 valence electrons. The molecular formula is C20H20N4OS. The van der Waals surface area contributed by atoms with Crippen LogP contribution >= 0.6 is 11.3 Å². The number of pyridine rings is 1. The fourth-order valence-corrected chi connectivity index (χ4v) is 4.22. The molecule has 5 nitrogen and oxygen atoms in total. The number of nitrogens with zero attached hydrogens (tertiary/aromatic N) is 4. The van der Waals surface area contributed by atoms with Gasteiger partial charge < -0.3 is 4.90 Å². The third-order valence-corrected chi connectivity index (χ3v) is 5.68. The molecule has 6 heteroatoms. The number of aromatic nitrogens is 3. The van der Waals surface area contributed by atoms with Crippen molar-refractivity contribution in [3.8, 4) is 11.1 Å². The van der Waals surface area contributed by atoms with Crippen molar-refractivity contribution in [3.05, 3.63) is 65.1 Å². The number of thiophene rings is 1. The topological polar surface area (TPSA) is 59.0 Å². The Morgan fingerprint density at radius 3 is 2.92 bits per heavy atom. The summed E-state index contributed by atoms with van der Waals surface area (Å²) in [5.74, 6) is 0.443. The number of carbonyl (C=O) groups is 1. The Balaban J connectivity index is 1.54. The second-order valence-electron chi connectivity index (χ2n) is 6.49. The van der Waals surface area contributed by atoms with Crippen molar-refractivity contribution in [2.24, 2.45) is 0 Å². The minimum atomic E-state index is 0.205. The summed E-state index contributed by atoms with van der Waals surface area (Å²) >= 11 is 1.64. The third-order valence-electron chi connectivity index (χ3n) is 4.80. The van der Waals surface area contributed by atoms with Gasteiger partial charge in [-0.1, -0.05) is 6.07 Å². The summed E-state index contributed by atoms with van der Waals surface area (Å²) in [6.07, 6.45) is 9.56. The summed E-state index contributed by atoms with van der Waals surface area (Å²) in [4.78, 5) is 28.7. The van der Waals surface area contributed by atoms with Crippen molar-refractivity contribution in [3.63, 3.8) is 0 Å². The first kappa shape index (κ1) is 16.8. The van der Waals surface area contributed by atoms with Crippen molar-refractivity contribution in [1.29, 1.82) is 0 Å². The highest BCUT2D eigenvalue weighted by Gasteiger charge is 2.27. The van der Waals surface area contributed by atoms with Gasteiger partial charge in [-0.3, -0.25) is 9.78 Å². The van der Waals surface area contributed by atoms with Crippen molar-refractivity contribution in [1.82, 2.24) is 19.9 Å². The summed E-state index contributed by atoms with van der Waals surface area (Å²) in [7, 11) is 0. The van der Waals surface area contributed by atoms with E-state index in [0.717, 1.165) is 47.6 Å². The minimum absolute atomic E-state index is 0.205. The van der Waals surface area contributed by atoms with E-state index in [4.69, 9.17) is 0 Å². The van der Waals surface area contributed by atoms with Gasteiger partial charge in [-0.05, 0) is 42.0 Å². The van der Waals surface area contributed by atoms with Gasteiger partial charge in [0.15, 0.2) is 0 Å².